The van der Waals surface area contributed by atoms with Crippen molar-refractivity contribution in [3.63, 3.8) is 0 Å². The van der Waals surface area contributed by atoms with Crippen LogP contribution in [0.3, 0.4) is 0 Å². The highest BCUT2D eigenvalue weighted by molar-refractivity contribution is 6.19. The van der Waals surface area contributed by atoms with Gasteiger partial charge in [0.05, 0.1) is 17.8 Å². The highest BCUT2D eigenvalue weighted by Crippen LogP contribution is 2.30. The second-order valence-electron chi connectivity index (χ2n) is 6.92. The minimum atomic E-state index is -0.374. The standard InChI is InChI=1S/C18H24N4O4/c1-21-11-15(23)22(17(21)25)14-7-5-6-13(10-14)19-16(24)20-18(12-26-2)8-3-4-9-18/h5-7,10H,3-4,8-9,11-12H2,1-2H3,(H2,19,20,24). The van der Waals surface area contributed by atoms with Gasteiger partial charge in [-0.1, -0.05) is 18.9 Å². The Morgan fingerprint density at radius 3 is 2.62 bits per heavy atom. The zero-order chi connectivity index (χ0) is 18.7. The normalized spacial score (nSPS) is 19.2. The van der Waals surface area contributed by atoms with Gasteiger partial charge in [-0.3, -0.25) is 4.79 Å². The van der Waals surface area contributed by atoms with Gasteiger partial charge in [-0.25, -0.2) is 14.5 Å². The summed E-state index contributed by atoms with van der Waals surface area (Å²) in [4.78, 5) is 39.0. The van der Waals surface area contributed by atoms with E-state index in [1.807, 2.05) is 0 Å². The van der Waals surface area contributed by atoms with E-state index in [-0.39, 0.29) is 30.1 Å². The number of nitrogens with zero attached hydrogens (tertiary/aromatic N) is 2. The third-order valence-electron chi connectivity index (χ3n) is 4.86. The largest absolute Gasteiger partial charge is 0.382 e. The summed E-state index contributed by atoms with van der Waals surface area (Å²) in [7, 11) is 3.21. The maximum Gasteiger partial charge on any atom is 0.331 e. The number of benzene rings is 1. The molecule has 2 N–H and O–H groups in total. The van der Waals surface area contributed by atoms with Crippen molar-refractivity contribution in [2.45, 2.75) is 31.2 Å². The number of ether oxygens (including phenoxy) is 1. The summed E-state index contributed by atoms with van der Waals surface area (Å²) in [5.41, 5.74) is 0.621. The van der Waals surface area contributed by atoms with Gasteiger partial charge >= 0.3 is 12.1 Å². The van der Waals surface area contributed by atoms with Crippen molar-refractivity contribution in [1.29, 1.82) is 0 Å². The number of hydrogen-bond donors (Lipinski definition) is 2. The van der Waals surface area contributed by atoms with Crippen LogP contribution < -0.4 is 15.5 Å². The molecule has 26 heavy (non-hydrogen) atoms. The van der Waals surface area contributed by atoms with Crippen molar-refractivity contribution in [3.8, 4) is 0 Å². The molecule has 140 valence electrons. The number of carbonyl (C=O) groups excluding carboxylic acids is 3. The van der Waals surface area contributed by atoms with E-state index in [1.54, 1.807) is 38.4 Å². The number of carbonyl (C=O) groups is 3. The fourth-order valence-corrected chi connectivity index (χ4v) is 3.63. The highest BCUT2D eigenvalue weighted by atomic mass is 16.5. The molecule has 0 atom stereocenters. The Morgan fingerprint density at radius 2 is 2.00 bits per heavy atom. The molecule has 0 radical (unpaired) electrons. The molecule has 0 bridgehead atoms. The van der Waals surface area contributed by atoms with Crippen LogP contribution in [0.4, 0.5) is 21.0 Å². The van der Waals surface area contributed by atoms with Gasteiger partial charge < -0.3 is 20.3 Å². The van der Waals surface area contributed by atoms with Gasteiger partial charge in [0.25, 0.3) is 5.91 Å². The monoisotopic (exact) mass is 360 g/mol. The van der Waals surface area contributed by atoms with Crippen molar-refractivity contribution in [2.24, 2.45) is 0 Å². The van der Waals surface area contributed by atoms with Crippen LogP contribution in [-0.2, 0) is 9.53 Å². The van der Waals surface area contributed by atoms with Crippen LogP contribution >= 0.6 is 0 Å². The first kappa shape index (κ1) is 18.2. The van der Waals surface area contributed by atoms with Crippen molar-refractivity contribution in [1.82, 2.24) is 10.2 Å². The lowest BCUT2D eigenvalue weighted by Gasteiger charge is -2.29. The SMILES string of the molecule is COCC1(NC(=O)Nc2cccc(N3C(=O)CN(C)C3=O)c2)CCCC1. The summed E-state index contributed by atoms with van der Waals surface area (Å²) in [6, 6.07) is 6.01. The van der Waals surface area contributed by atoms with Crippen LogP contribution in [0.15, 0.2) is 24.3 Å². The fraction of sp³-hybridized carbons (Fsp3) is 0.500. The second kappa shape index (κ2) is 7.33. The van der Waals surface area contributed by atoms with Gasteiger partial charge in [-0.05, 0) is 31.0 Å². The first-order valence-electron chi connectivity index (χ1n) is 8.70. The number of rotatable bonds is 5. The Bertz CT molecular complexity index is 715. The molecule has 1 saturated heterocycles. The van der Waals surface area contributed by atoms with Crippen LogP contribution in [0.5, 0.6) is 0 Å². The number of hydrogen-bond acceptors (Lipinski definition) is 4. The molecule has 0 aromatic heterocycles. The lowest BCUT2D eigenvalue weighted by atomic mass is 9.99. The van der Waals surface area contributed by atoms with Crippen LogP contribution in [0.2, 0.25) is 0 Å². The molecule has 5 amide bonds. The molecule has 2 fully saturated rings. The first-order chi connectivity index (χ1) is 12.4. The molecular formula is C18H24N4O4. The number of imide groups is 1. The Hall–Kier alpha value is -2.61. The predicted molar refractivity (Wildman–Crippen MR) is 97.2 cm³/mol. The minimum Gasteiger partial charge on any atom is -0.382 e. The summed E-state index contributed by atoms with van der Waals surface area (Å²) in [6.45, 7) is 0.528. The quantitative estimate of drug-likeness (QED) is 0.787. The summed E-state index contributed by atoms with van der Waals surface area (Å²) in [5, 5.41) is 5.81. The van der Waals surface area contributed by atoms with Crippen molar-refractivity contribution < 1.29 is 19.1 Å². The predicted octanol–water partition coefficient (Wildman–Crippen LogP) is 2.17. The van der Waals surface area contributed by atoms with Gasteiger partial charge in [0.1, 0.15) is 6.54 Å². The van der Waals surface area contributed by atoms with Gasteiger partial charge in [-0.15, -0.1) is 0 Å². The van der Waals surface area contributed by atoms with Crippen molar-refractivity contribution >= 4 is 29.3 Å². The van der Waals surface area contributed by atoms with E-state index in [9.17, 15) is 14.4 Å². The first-order valence-corrected chi connectivity index (χ1v) is 8.70. The molecule has 2 aliphatic rings. The summed E-state index contributed by atoms with van der Waals surface area (Å²) in [5.74, 6) is -0.288. The highest BCUT2D eigenvalue weighted by Gasteiger charge is 2.36. The fourth-order valence-electron chi connectivity index (χ4n) is 3.63. The van der Waals surface area contributed by atoms with E-state index in [0.717, 1.165) is 30.6 Å². The Labute approximate surface area is 152 Å². The molecule has 1 aromatic carbocycles. The van der Waals surface area contributed by atoms with E-state index in [0.29, 0.717) is 18.0 Å². The topological polar surface area (TPSA) is 91.0 Å². The molecule has 0 spiro atoms. The van der Waals surface area contributed by atoms with E-state index in [1.165, 1.54) is 4.90 Å². The summed E-state index contributed by atoms with van der Waals surface area (Å²) < 4.78 is 5.27. The van der Waals surface area contributed by atoms with Crippen LogP contribution in [0.1, 0.15) is 25.7 Å². The maximum atomic E-state index is 12.4. The average Bonchev–Trinajstić information content (AvgIpc) is 3.13. The molecule has 8 nitrogen and oxygen atoms in total. The van der Waals surface area contributed by atoms with Gasteiger partial charge in [-0.2, -0.15) is 0 Å². The van der Waals surface area contributed by atoms with Crippen molar-refractivity contribution in [3.05, 3.63) is 24.3 Å². The maximum absolute atomic E-state index is 12.4. The van der Waals surface area contributed by atoms with Gasteiger partial charge in [0.15, 0.2) is 0 Å². The Balaban J connectivity index is 1.70. The molecule has 1 heterocycles. The molecule has 0 unspecified atom stereocenters. The van der Waals surface area contributed by atoms with Crippen LogP contribution in [-0.4, -0.2) is 55.7 Å². The van der Waals surface area contributed by atoms with Crippen LogP contribution in [0.25, 0.3) is 0 Å². The second-order valence-corrected chi connectivity index (χ2v) is 6.92. The van der Waals surface area contributed by atoms with Gasteiger partial charge in [0.2, 0.25) is 0 Å². The molecular weight excluding hydrogens is 336 g/mol. The lowest BCUT2D eigenvalue weighted by Crippen LogP contribution is -2.51. The smallest absolute Gasteiger partial charge is 0.331 e. The number of amides is 5. The van der Waals surface area contributed by atoms with Crippen molar-refractivity contribution in [2.75, 3.05) is 37.5 Å². The zero-order valence-corrected chi connectivity index (χ0v) is 15.1. The minimum absolute atomic E-state index is 0.0521. The third kappa shape index (κ3) is 3.65. The number of urea groups is 2. The number of nitrogens with one attached hydrogen (secondary N) is 2. The van der Waals surface area contributed by atoms with E-state index in [2.05, 4.69) is 10.6 Å². The third-order valence-corrected chi connectivity index (χ3v) is 4.86. The number of methoxy groups -OCH3 is 1. The number of likely N-dealkylation sites (N-methyl/N-ethyl adjacent to an activating group) is 1. The van der Waals surface area contributed by atoms with Gasteiger partial charge in [0, 0.05) is 19.8 Å². The summed E-state index contributed by atoms with van der Waals surface area (Å²) in [6.07, 6.45) is 3.90. The van der Waals surface area contributed by atoms with Crippen LogP contribution in [0, 0.1) is 0 Å². The van der Waals surface area contributed by atoms with E-state index < -0.39 is 0 Å². The molecule has 1 saturated carbocycles. The summed E-state index contributed by atoms with van der Waals surface area (Å²) >= 11 is 0. The molecule has 1 aliphatic carbocycles. The van der Waals surface area contributed by atoms with E-state index in [4.69, 9.17) is 4.74 Å². The Morgan fingerprint density at radius 1 is 1.27 bits per heavy atom. The molecule has 1 aliphatic heterocycles. The van der Waals surface area contributed by atoms with E-state index >= 15 is 0 Å². The average molecular weight is 360 g/mol. The zero-order valence-electron chi connectivity index (χ0n) is 15.1. The molecule has 3 rings (SSSR count). The number of anilines is 2. The molecule has 1 aromatic rings. The Kier molecular flexibility index (Phi) is 5.13. The lowest BCUT2D eigenvalue weighted by molar-refractivity contribution is -0.116. The molecule has 8 heteroatoms.